The van der Waals surface area contributed by atoms with Gasteiger partial charge in [0.15, 0.2) is 0 Å². The summed E-state index contributed by atoms with van der Waals surface area (Å²) < 4.78 is 0. The lowest BCUT2D eigenvalue weighted by molar-refractivity contribution is 0.0947. The van der Waals surface area contributed by atoms with E-state index in [0.29, 0.717) is 12.6 Å². The Labute approximate surface area is 99.5 Å². The molecule has 1 unspecified atom stereocenters. The third kappa shape index (κ3) is 2.88. The van der Waals surface area contributed by atoms with Gasteiger partial charge in [-0.25, -0.2) is 0 Å². The number of nitrogens with one attached hydrogen (secondary N) is 2. The van der Waals surface area contributed by atoms with E-state index in [1.807, 2.05) is 0 Å². The van der Waals surface area contributed by atoms with E-state index in [1.165, 1.54) is 12.1 Å². The summed E-state index contributed by atoms with van der Waals surface area (Å²) in [7, 11) is 0. The highest BCUT2D eigenvalue weighted by molar-refractivity contribution is 5.97. The predicted molar refractivity (Wildman–Crippen MR) is 63.1 cm³/mol. The molecule has 17 heavy (non-hydrogen) atoms. The summed E-state index contributed by atoms with van der Waals surface area (Å²) >= 11 is 0. The maximum atomic E-state index is 11.8. The molecule has 92 valence electrons. The molecule has 0 saturated carbocycles. The van der Waals surface area contributed by atoms with E-state index in [1.54, 1.807) is 0 Å². The van der Waals surface area contributed by atoms with Crippen molar-refractivity contribution in [2.24, 2.45) is 0 Å². The van der Waals surface area contributed by atoms with Crippen LogP contribution in [0, 0.1) is 0 Å². The number of amides is 1. The van der Waals surface area contributed by atoms with Crippen molar-refractivity contribution in [3.05, 3.63) is 23.8 Å². The average molecular weight is 236 g/mol. The number of benzene rings is 1. The molecule has 0 aromatic heterocycles. The molecule has 4 N–H and O–H groups in total. The number of phenolic OH excluding ortho intramolecular Hbond substituents is 2. The van der Waals surface area contributed by atoms with Gasteiger partial charge in [0.2, 0.25) is 0 Å². The van der Waals surface area contributed by atoms with Gasteiger partial charge in [0.1, 0.15) is 11.5 Å². The minimum Gasteiger partial charge on any atom is -0.508 e. The van der Waals surface area contributed by atoms with Gasteiger partial charge in [-0.3, -0.25) is 4.79 Å². The lowest BCUT2D eigenvalue weighted by Crippen LogP contribution is -2.37. The number of carbonyl (C=O) groups excluding carboxylic acids is 1. The Morgan fingerprint density at radius 2 is 2.29 bits per heavy atom. The molecule has 1 heterocycles. The maximum absolute atomic E-state index is 11.8. The van der Waals surface area contributed by atoms with Crippen LogP contribution in [0.3, 0.4) is 0 Å². The number of hydrogen-bond donors (Lipinski definition) is 4. The first-order valence-electron chi connectivity index (χ1n) is 5.70. The lowest BCUT2D eigenvalue weighted by atomic mass is 10.1. The largest absolute Gasteiger partial charge is 0.508 e. The normalized spacial score (nSPS) is 19.2. The highest BCUT2D eigenvalue weighted by Crippen LogP contribution is 2.22. The fourth-order valence-electron chi connectivity index (χ4n) is 1.95. The Morgan fingerprint density at radius 1 is 1.47 bits per heavy atom. The number of phenols is 2. The Hall–Kier alpha value is -1.75. The Morgan fingerprint density at radius 3 is 2.94 bits per heavy atom. The van der Waals surface area contributed by atoms with Crippen LogP contribution in [0.5, 0.6) is 11.5 Å². The van der Waals surface area contributed by atoms with Crippen molar-refractivity contribution in [2.45, 2.75) is 18.9 Å². The minimum atomic E-state index is -0.323. The second kappa shape index (κ2) is 5.05. The van der Waals surface area contributed by atoms with E-state index in [4.69, 9.17) is 5.11 Å². The fourth-order valence-corrected chi connectivity index (χ4v) is 1.95. The van der Waals surface area contributed by atoms with Gasteiger partial charge in [0.05, 0.1) is 5.56 Å². The second-order valence-electron chi connectivity index (χ2n) is 4.20. The van der Waals surface area contributed by atoms with Gasteiger partial charge in [-0.2, -0.15) is 0 Å². The summed E-state index contributed by atoms with van der Waals surface area (Å²) in [6.45, 7) is 1.55. The standard InChI is InChI=1S/C12H16N2O3/c15-9-3-4-10(11(16)6-9)12(17)14-7-8-2-1-5-13-8/h3-4,6,8,13,15-16H,1-2,5,7H2,(H,14,17). The molecule has 1 aromatic rings. The number of rotatable bonds is 3. The molecule has 2 rings (SSSR count). The van der Waals surface area contributed by atoms with Crippen LogP contribution in [0.4, 0.5) is 0 Å². The summed E-state index contributed by atoms with van der Waals surface area (Å²) in [6.07, 6.45) is 2.19. The Kier molecular flexibility index (Phi) is 3.49. The van der Waals surface area contributed by atoms with E-state index in [0.717, 1.165) is 25.5 Å². The molecule has 0 aliphatic carbocycles. The molecule has 5 heteroatoms. The Balaban J connectivity index is 1.94. The van der Waals surface area contributed by atoms with Crippen LogP contribution in [0.15, 0.2) is 18.2 Å². The van der Waals surface area contributed by atoms with Crippen LogP contribution in [-0.4, -0.2) is 35.3 Å². The molecule has 1 aliphatic rings. The molecular formula is C12H16N2O3. The smallest absolute Gasteiger partial charge is 0.255 e. The van der Waals surface area contributed by atoms with Crippen LogP contribution in [0.1, 0.15) is 23.2 Å². The molecule has 5 nitrogen and oxygen atoms in total. The van der Waals surface area contributed by atoms with Gasteiger partial charge in [-0.1, -0.05) is 0 Å². The molecule has 0 spiro atoms. The summed E-state index contributed by atoms with van der Waals surface area (Å²) in [5, 5.41) is 24.7. The van der Waals surface area contributed by atoms with E-state index in [2.05, 4.69) is 10.6 Å². The second-order valence-corrected chi connectivity index (χ2v) is 4.20. The van der Waals surface area contributed by atoms with Gasteiger partial charge >= 0.3 is 0 Å². The molecule has 0 bridgehead atoms. The highest BCUT2D eigenvalue weighted by Gasteiger charge is 2.16. The molecule has 1 aromatic carbocycles. The monoisotopic (exact) mass is 236 g/mol. The lowest BCUT2D eigenvalue weighted by Gasteiger charge is -2.12. The van der Waals surface area contributed by atoms with E-state index >= 15 is 0 Å². The van der Waals surface area contributed by atoms with Crippen molar-refractivity contribution in [1.82, 2.24) is 10.6 Å². The van der Waals surface area contributed by atoms with E-state index < -0.39 is 0 Å². The highest BCUT2D eigenvalue weighted by atomic mass is 16.3. The van der Waals surface area contributed by atoms with E-state index in [-0.39, 0.29) is 23.0 Å². The predicted octanol–water partition coefficient (Wildman–Crippen LogP) is 0.580. The van der Waals surface area contributed by atoms with Crippen molar-refractivity contribution in [3.8, 4) is 11.5 Å². The summed E-state index contributed by atoms with van der Waals surface area (Å²) in [6, 6.07) is 4.26. The number of aromatic hydroxyl groups is 2. The zero-order chi connectivity index (χ0) is 12.3. The number of carbonyl (C=O) groups is 1. The molecule has 1 amide bonds. The quantitative estimate of drug-likeness (QED) is 0.619. The molecular weight excluding hydrogens is 220 g/mol. The average Bonchev–Trinajstić information content (AvgIpc) is 2.78. The molecule has 0 radical (unpaired) electrons. The summed E-state index contributed by atoms with van der Waals surface area (Å²) in [4.78, 5) is 11.8. The fraction of sp³-hybridized carbons (Fsp3) is 0.417. The van der Waals surface area contributed by atoms with Crippen molar-refractivity contribution in [2.75, 3.05) is 13.1 Å². The van der Waals surface area contributed by atoms with Crippen LogP contribution < -0.4 is 10.6 Å². The third-order valence-corrected chi connectivity index (χ3v) is 2.90. The van der Waals surface area contributed by atoms with Gasteiger partial charge in [0, 0.05) is 18.7 Å². The Bertz CT molecular complexity index is 414. The van der Waals surface area contributed by atoms with Crippen molar-refractivity contribution in [1.29, 1.82) is 0 Å². The zero-order valence-corrected chi connectivity index (χ0v) is 9.44. The topological polar surface area (TPSA) is 81.6 Å². The van der Waals surface area contributed by atoms with Crippen LogP contribution in [0.25, 0.3) is 0 Å². The molecule has 1 aliphatic heterocycles. The van der Waals surface area contributed by atoms with Gasteiger partial charge in [-0.05, 0) is 31.5 Å². The SMILES string of the molecule is O=C(NCC1CCCN1)c1ccc(O)cc1O. The zero-order valence-electron chi connectivity index (χ0n) is 9.44. The molecule has 1 fully saturated rings. The minimum absolute atomic E-state index is 0.0588. The van der Waals surface area contributed by atoms with Gasteiger partial charge < -0.3 is 20.8 Å². The summed E-state index contributed by atoms with van der Waals surface area (Å²) in [5.74, 6) is -0.588. The van der Waals surface area contributed by atoms with Crippen LogP contribution in [-0.2, 0) is 0 Å². The summed E-state index contributed by atoms with van der Waals surface area (Å²) in [5.41, 5.74) is 0.181. The van der Waals surface area contributed by atoms with Crippen molar-refractivity contribution >= 4 is 5.91 Å². The molecule has 1 saturated heterocycles. The molecule has 1 atom stereocenters. The van der Waals surface area contributed by atoms with Crippen LogP contribution >= 0.6 is 0 Å². The van der Waals surface area contributed by atoms with Crippen molar-refractivity contribution in [3.63, 3.8) is 0 Å². The van der Waals surface area contributed by atoms with E-state index in [9.17, 15) is 9.90 Å². The maximum Gasteiger partial charge on any atom is 0.255 e. The van der Waals surface area contributed by atoms with Crippen LogP contribution in [0.2, 0.25) is 0 Å². The first kappa shape index (κ1) is 11.7. The first-order valence-corrected chi connectivity index (χ1v) is 5.70. The van der Waals surface area contributed by atoms with Crippen molar-refractivity contribution < 1.29 is 15.0 Å². The van der Waals surface area contributed by atoms with Gasteiger partial charge in [0.25, 0.3) is 5.91 Å². The van der Waals surface area contributed by atoms with Gasteiger partial charge in [-0.15, -0.1) is 0 Å². The first-order chi connectivity index (χ1) is 8.16. The number of hydrogen-bond acceptors (Lipinski definition) is 4. The third-order valence-electron chi connectivity index (χ3n) is 2.90.